The summed E-state index contributed by atoms with van der Waals surface area (Å²) >= 11 is 6.11. The first kappa shape index (κ1) is 17.8. The average molecular weight is 389 g/mol. The number of rotatable bonds is 2. The van der Waals surface area contributed by atoms with Crippen molar-refractivity contribution in [2.45, 2.75) is 32.4 Å². The molecule has 0 N–H and O–H groups in total. The molecule has 3 heterocycles. The number of likely N-dealkylation sites (N-methyl/N-ethyl adjacent to an activating group) is 1. The molecule has 0 radical (unpaired) electrons. The fourth-order valence-electron chi connectivity index (χ4n) is 3.06. The van der Waals surface area contributed by atoms with E-state index in [-0.39, 0.29) is 12.1 Å². The molecule has 0 atom stereocenters. The molecule has 0 saturated carbocycles. The van der Waals surface area contributed by atoms with Crippen molar-refractivity contribution in [1.29, 1.82) is 0 Å². The van der Waals surface area contributed by atoms with E-state index in [1.807, 2.05) is 39.0 Å². The maximum Gasteiger partial charge on any atom is 0.410 e. The maximum atomic E-state index is 12.2. The first-order chi connectivity index (χ1) is 12.7. The molecule has 0 unspecified atom stereocenters. The van der Waals surface area contributed by atoms with E-state index in [0.717, 1.165) is 10.9 Å². The van der Waals surface area contributed by atoms with Gasteiger partial charge in [-0.05, 0) is 39.0 Å². The van der Waals surface area contributed by atoms with Crippen molar-refractivity contribution in [2.75, 3.05) is 25.0 Å². The summed E-state index contributed by atoms with van der Waals surface area (Å²) in [5, 5.41) is 5.79. The Morgan fingerprint density at radius 1 is 1.33 bits per heavy atom. The Balaban J connectivity index is 1.57. The number of hydrogen-bond donors (Lipinski definition) is 0. The van der Waals surface area contributed by atoms with Gasteiger partial charge in [-0.15, -0.1) is 0 Å². The molecule has 1 aliphatic heterocycles. The Morgan fingerprint density at radius 2 is 2.07 bits per heavy atom. The van der Waals surface area contributed by atoms with Gasteiger partial charge < -0.3 is 14.5 Å². The molecule has 142 valence electrons. The molecule has 8 nitrogen and oxygen atoms in total. The lowest BCUT2D eigenvalue weighted by Crippen LogP contribution is -2.61. The third-order valence-corrected chi connectivity index (χ3v) is 4.77. The molecule has 0 spiro atoms. The van der Waals surface area contributed by atoms with E-state index in [1.54, 1.807) is 16.5 Å². The Morgan fingerprint density at radius 3 is 2.78 bits per heavy atom. The second-order valence-corrected chi connectivity index (χ2v) is 8.16. The largest absolute Gasteiger partial charge is 0.444 e. The lowest BCUT2D eigenvalue weighted by Gasteiger charge is -2.44. The molecule has 2 aromatic heterocycles. The number of fused-ring (bicyclic) bond motifs is 3. The lowest BCUT2D eigenvalue weighted by molar-refractivity contribution is 0.0196. The number of carbonyl (C=O) groups excluding carboxylic acids is 1. The smallest absolute Gasteiger partial charge is 0.410 e. The predicted octanol–water partition coefficient (Wildman–Crippen LogP) is 2.99. The number of nitrogens with zero attached hydrogens (tertiary/aromatic N) is 6. The molecule has 3 aromatic rings. The Bertz CT molecular complexity index is 1020. The van der Waals surface area contributed by atoms with E-state index in [1.165, 1.54) is 6.33 Å². The molecule has 0 bridgehead atoms. The summed E-state index contributed by atoms with van der Waals surface area (Å²) in [6.45, 7) is 6.88. The van der Waals surface area contributed by atoms with E-state index < -0.39 is 5.60 Å². The first-order valence-electron chi connectivity index (χ1n) is 8.73. The second-order valence-electron chi connectivity index (χ2n) is 7.72. The van der Waals surface area contributed by atoms with Crippen molar-refractivity contribution in [3.63, 3.8) is 0 Å². The number of benzene rings is 1. The molecule has 1 amide bonds. The quantitative estimate of drug-likeness (QED) is 0.671. The third kappa shape index (κ3) is 3.25. The van der Waals surface area contributed by atoms with E-state index >= 15 is 0 Å². The summed E-state index contributed by atoms with van der Waals surface area (Å²) < 4.78 is 7.15. The highest BCUT2D eigenvalue weighted by Gasteiger charge is 2.36. The van der Waals surface area contributed by atoms with Crippen LogP contribution in [0.5, 0.6) is 0 Å². The van der Waals surface area contributed by atoms with Crippen molar-refractivity contribution < 1.29 is 9.53 Å². The van der Waals surface area contributed by atoms with Crippen LogP contribution in [0.3, 0.4) is 0 Å². The van der Waals surface area contributed by atoms with E-state index in [0.29, 0.717) is 29.7 Å². The van der Waals surface area contributed by atoms with Gasteiger partial charge >= 0.3 is 6.09 Å². The number of anilines is 1. The van der Waals surface area contributed by atoms with Crippen LogP contribution in [0.1, 0.15) is 20.8 Å². The third-order valence-electron chi connectivity index (χ3n) is 4.53. The molecule has 4 rings (SSSR count). The van der Waals surface area contributed by atoms with Gasteiger partial charge in [0, 0.05) is 30.5 Å². The molecular formula is C18H21ClN6O2. The van der Waals surface area contributed by atoms with Crippen molar-refractivity contribution >= 4 is 40.2 Å². The van der Waals surface area contributed by atoms with Crippen molar-refractivity contribution in [2.24, 2.45) is 0 Å². The van der Waals surface area contributed by atoms with Crippen LogP contribution in [0.2, 0.25) is 5.02 Å². The number of halogens is 1. The molecule has 27 heavy (non-hydrogen) atoms. The van der Waals surface area contributed by atoms with Crippen LogP contribution >= 0.6 is 11.6 Å². The van der Waals surface area contributed by atoms with Gasteiger partial charge in [0.05, 0.1) is 11.6 Å². The van der Waals surface area contributed by atoms with E-state index in [4.69, 9.17) is 21.3 Å². The van der Waals surface area contributed by atoms with E-state index in [2.05, 4.69) is 15.0 Å². The van der Waals surface area contributed by atoms with Gasteiger partial charge in [-0.2, -0.15) is 9.61 Å². The molecule has 9 heteroatoms. The van der Waals surface area contributed by atoms with Crippen LogP contribution < -0.4 is 4.90 Å². The monoisotopic (exact) mass is 388 g/mol. The van der Waals surface area contributed by atoms with Crippen LogP contribution in [-0.4, -0.2) is 62.4 Å². The Hall–Kier alpha value is -2.61. The Kier molecular flexibility index (Phi) is 4.10. The van der Waals surface area contributed by atoms with Crippen LogP contribution in [-0.2, 0) is 4.74 Å². The number of carbonyl (C=O) groups is 1. The number of aromatic nitrogens is 4. The minimum Gasteiger partial charge on any atom is -0.444 e. The van der Waals surface area contributed by atoms with Crippen LogP contribution in [0.15, 0.2) is 24.5 Å². The van der Waals surface area contributed by atoms with Crippen molar-refractivity contribution in [3.8, 4) is 0 Å². The topological polar surface area (TPSA) is 75.9 Å². The predicted molar refractivity (Wildman–Crippen MR) is 103 cm³/mol. The summed E-state index contributed by atoms with van der Waals surface area (Å²) in [7, 11) is 1.76. The van der Waals surface area contributed by atoms with Crippen LogP contribution in [0.4, 0.5) is 10.7 Å². The molecule has 1 aliphatic rings. The molecule has 1 fully saturated rings. The summed E-state index contributed by atoms with van der Waals surface area (Å²) in [6, 6.07) is 5.58. The number of hydrogen-bond acceptors (Lipinski definition) is 6. The minimum absolute atomic E-state index is 0.0566. The fourth-order valence-corrected chi connectivity index (χ4v) is 3.23. The summed E-state index contributed by atoms with van der Waals surface area (Å²) in [4.78, 5) is 25.0. The average Bonchev–Trinajstić information content (AvgIpc) is 3.02. The van der Waals surface area contributed by atoms with Gasteiger partial charge in [0.2, 0.25) is 5.95 Å². The maximum absolute atomic E-state index is 12.2. The summed E-state index contributed by atoms with van der Waals surface area (Å²) in [6.07, 6.45) is 1.18. The summed E-state index contributed by atoms with van der Waals surface area (Å²) in [5.74, 6) is 0.700. The summed E-state index contributed by atoms with van der Waals surface area (Å²) in [5.41, 5.74) is 1.00. The lowest BCUT2D eigenvalue weighted by atomic mass is 10.1. The van der Waals surface area contributed by atoms with Gasteiger partial charge in [0.1, 0.15) is 11.9 Å². The molecular weight excluding hydrogens is 368 g/mol. The zero-order chi connectivity index (χ0) is 19.3. The molecule has 1 aromatic carbocycles. The SMILES string of the molecule is CN(C(=O)OC(C)(C)C)C1CN(c2nc3ccc(Cl)cc3c3ncnn23)C1. The number of amides is 1. The highest BCUT2D eigenvalue weighted by Crippen LogP contribution is 2.28. The Labute approximate surface area is 161 Å². The van der Waals surface area contributed by atoms with Crippen molar-refractivity contribution in [3.05, 3.63) is 29.5 Å². The zero-order valence-electron chi connectivity index (χ0n) is 15.7. The second kappa shape index (κ2) is 6.23. The standard InChI is InChI=1S/C18H21ClN6O2/c1-18(2,3)27-17(26)23(4)12-8-24(9-12)16-22-14-6-5-11(19)7-13(14)15-20-10-21-25(15)16/h5-7,10,12H,8-9H2,1-4H3. The van der Waals surface area contributed by atoms with Gasteiger partial charge in [-0.1, -0.05) is 11.6 Å². The van der Waals surface area contributed by atoms with Gasteiger partial charge in [-0.25, -0.2) is 14.8 Å². The first-order valence-corrected chi connectivity index (χ1v) is 9.10. The zero-order valence-corrected chi connectivity index (χ0v) is 16.4. The van der Waals surface area contributed by atoms with E-state index in [9.17, 15) is 4.79 Å². The van der Waals surface area contributed by atoms with Gasteiger partial charge in [0.15, 0.2) is 5.65 Å². The van der Waals surface area contributed by atoms with Crippen LogP contribution in [0, 0.1) is 0 Å². The molecule has 0 aliphatic carbocycles. The number of ether oxygens (including phenoxy) is 1. The highest BCUT2D eigenvalue weighted by molar-refractivity contribution is 6.31. The van der Waals surface area contributed by atoms with Crippen molar-refractivity contribution in [1.82, 2.24) is 24.5 Å². The van der Waals surface area contributed by atoms with Gasteiger partial charge in [-0.3, -0.25) is 0 Å². The highest BCUT2D eigenvalue weighted by atomic mass is 35.5. The molecule has 1 saturated heterocycles. The normalized spacial score (nSPS) is 15.2. The fraction of sp³-hybridized carbons (Fsp3) is 0.444. The minimum atomic E-state index is -0.511. The van der Waals surface area contributed by atoms with Crippen LogP contribution in [0.25, 0.3) is 16.6 Å². The van der Waals surface area contributed by atoms with Gasteiger partial charge in [0.25, 0.3) is 0 Å².